The van der Waals surface area contributed by atoms with Crippen LogP contribution >= 0.6 is 0 Å². The molecule has 0 N–H and O–H groups in total. The molecule has 2 unspecified atom stereocenters. The molecule has 0 aromatic heterocycles. The van der Waals surface area contributed by atoms with E-state index in [0.717, 1.165) is 0 Å². The van der Waals surface area contributed by atoms with E-state index in [1.54, 1.807) is 0 Å². The summed E-state index contributed by atoms with van der Waals surface area (Å²) < 4.78 is 0. The minimum atomic E-state index is 0.462. The van der Waals surface area contributed by atoms with Crippen LogP contribution in [0.25, 0.3) is 6.08 Å². The van der Waals surface area contributed by atoms with Gasteiger partial charge in [0.1, 0.15) is 0 Å². The first-order valence-corrected chi connectivity index (χ1v) is 9.07. The van der Waals surface area contributed by atoms with E-state index in [-0.39, 0.29) is 0 Å². The SMILES string of the molecule is C/C=C1/C=CC2=CC=C(/C=C/c3ccc(C)cc3)C3=CC=C(C)C1C23. The van der Waals surface area contributed by atoms with Gasteiger partial charge in [0.05, 0.1) is 0 Å². The summed E-state index contributed by atoms with van der Waals surface area (Å²) in [5.74, 6) is 0.946. The molecular formula is C25H24. The summed E-state index contributed by atoms with van der Waals surface area (Å²) in [6, 6.07) is 8.69. The molecule has 3 aliphatic rings. The van der Waals surface area contributed by atoms with Gasteiger partial charge >= 0.3 is 0 Å². The Balaban J connectivity index is 1.72. The van der Waals surface area contributed by atoms with Crippen LogP contribution in [-0.4, -0.2) is 0 Å². The zero-order chi connectivity index (χ0) is 17.4. The zero-order valence-corrected chi connectivity index (χ0v) is 15.2. The Morgan fingerprint density at radius 1 is 0.800 bits per heavy atom. The molecule has 0 aliphatic heterocycles. The van der Waals surface area contributed by atoms with E-state index in [0.29, 0.717) is 11.8 Å². The highest BCUT2D eigenvalue weighted by molar-refractivity contribution is 5.65. The maximum atomic E-state index is 2.32. The molecule has 0 radical (unpaired) electrons. The van der Waals surface area contributed by atoms with Gasteiger partial charge in [0.25, 0.3) is 0 Å². The Kier molecular flexibility index (Phi) is 4.05. The Hall–Kier alpha value is -2.60. The summed E-state index contributed by atoms with van der Waals surface area (Å²) in [7, 11) is 0. The van der Waals surface area contributed by atoms with Gasteiger partial charge in [-0.15, -0.1) is 0 Å². The fourth-order valence-corrected chi connectivity index (χ4v) is 4.11. The third-order valence-electron chi connectivity index (χ3n) is 5.53. The first-order chi connectivity index (χ1) is 12.2. The topological polar surface area (TPSA) is 0 Å². The second-order valence-electron chi connectivity index (χ2n) is 7.14. The number of hydrogen-bond acceptors (Lipinski definition) is 0. The predicted octanol–water partition coefficient (Wildman–Crippen LogP) is 6.51. The molecule has 2 atom stereocenters. The summed E-state index contributed by atoms with van der Waals surface area (Å²) in [6.45, 7) is 6.54. The van der Waals surface area contributed by atoms with Crippen molar-refractivity contribution in [1.82, 2.24) is 0 Å². The molecule has 0 amide bonds. The van der Waals surface area contributed by atoms with Crippen molar-refractivity contribution >= 4 is 6.08 Å². The van der Waals surface area contributed by atoms with Gasteiger partial charge in [0.15, 0.2) is 0 Å². The van der Waals surface area contributed by atoms with E-state index in [1.165, 1.54) is 39.0 Å². The predicted molar refractivity (Wildman–Crippen MR) is 108 cm³/mol. The average Bonchev–Trinajstić information content (AvgIpc) is 2.64. The first kappa shape index (κ1) is 15.9. The molecule has 0 bridgehead atoms. The van der Waals surface area contributed by atoms with E-state index in [4.69, 9.17) is 0 Å². The Labute approximate surface area is 151 Å². The number of allylic oxidation sites excluding steroid dienone is 13. The highest BCUT2D eigenvalue weighted by Gasteiger charge is 2.36. The Morgan fingerprint density at radius 3 is 2.36 bits per heavy atom. The van der Waals surface area contributed by atoms with Gasteiger partial charge in [-0.3, -0.25) is 0 Å². The summed E-state index contributed by atoms with van der Waals surface area (Å²) in [5.41, 5.74) is 9.65. The van der Waals surface area contributed by atoms with Crippen LogP contribution in [0.15, 0.2) is 101 Å². The van der Waals surface area contributed by atoms with E-state index in [1.807, 2.05) is 0 Å². The van der Waals surface area contributed by atoms with Gasteiger partial charge in [0, 0.05) is 11.8 Å². The highest BCUT2D eigenvalue weighted by atomic mass is 14.4. The lowest BCUT2D eigenvalue weighted by molar-refractivity contribution is 0.552. The molecule has 1 aromatic carbocycles. The number of rotatable bonds is 2. The summed E-state index contributed by atoms with van der Waals surface area (Å²) in [5, 5.41) is 0. The molecule has 0 saturated heterocycles. The van der Waals surface area contributed by atoms with Crippen molar-refractivity contribution in [3.05, 3.63) is 112 Å². The summed E-state index contributed by atoms with van der Waals surface area (Å²) in [6.07, 6.45) is 20.5. The van der Waals surface area contributed by atoms with Crippen LogP contribution in [0.1, 0.15) is 25.0 Å². The average molecular weight is 324 g/mol. The van der Waals surface area contributed by atoms with Gasteiger partial charge in [0.2, 0.25) is 0 Å². The Morgan fingerprint density at radius 2 is 1.60 bits per heavy atom. The van der Waals surface area contributed by atoms with E-state index in [9.17, 15) is 0 Å². The number of aryl methyl sites for hydroxylation is 1. The lowest BCUT2D eigenvalue weighted by atomic mass is 9.64. The molecule has 124 valence electrons. The number of hydrogen-bond donors (Lipinski definition) is 0. The molecule has 0 spiro atoms. The van der Waals surface area contributed by atoms with Crippen molar-refractivity contribution in [2.75, 3.05) is 0 Å². The normalized spacial score (nSPS) is 26.1. The van der Waals surface area contributed by atoms with Crippen molar-refractivity contribution in [2.24, 2.45) is 11.8 Å². The quantitative estimate of drug-likeness (QED) is 0.581. The fourth-order valence-electron chi connectivity index (χ4n) is 4.11. The van der Waals surface area contributed by atoms with Crippen LogP contribution < -0.4 is 0 Å². The van der Waals surface area contributed by atoms with Gasteiger partial charge in [-0.1, -0.05) is 90.1 Å². The lowest BCUT2D eigenvalue weighted by Gasteiger charge is -2.39. The zero-order valence-electron chi connectivity index (χ0n) is 15.2. The van der Waals surface area contributed by atoms with Crippen LogP contribution in [0.3, 0.4) is 0 Å². The monoisotopic (exact) mass is 324 g/mol. The molecule has 0 fully saturated rings. The highest BCUT2D eigenvalue weighted by Crippen LogP contribution is 2.48. The summed E-state index contributed by atoms with van der Waals surface area (Å²) in [4.78, 5) is 0. The molecule has 4 rings (SSSR count). The molecule has 0 heterocycles. The van der Waals surface area contributed by atoms with Gasteiger partial charge in [-0.25, -0.2) is 0 Å². The largest absolute Gasteiger partial charge is 0.0838 e. The lowest BCUT2D eigenvalue weighted by Crippen LogP contribution is -2.28. The van der Waals surface area contributed by atoms with Crippen LogP contribution in [0.4, 0.5) is 0 Å². The van der Waals surface area contributed by atoms with Crippen molar-refractivity contribution < 1.29 is 0 Å². The molecule has 3 aliphatic carbocycles. The van der Waals surface area contributed by atoms with Crippen LogP contribution in [-0.2, 0) is 0 Å². The molecule has 25 heavy (non-hydrogen) atoms. The Bertz CT molecular complexity index is 905. The van der Waals surface area contributed by atoms with Crippen LogP contribution in [0.2, 0.25) is 0 Å². The molecular weight excluding hydrogens is 300 g/mol. The van der Waals surface area contributed by atoms with Gasteiger partial charge in [-0.05, 0) is 48.6 Å². The van der Waals surface area contributed by atoms with E-state index < -0.39 is 0 Å². The minimum absolute atomic E-state index is 0.462. The van der Waals surface area contributed by atoms with Crippen molar-refractivity contribution in [3.63, 3.8) is 0 Å². The first-order valence-electron chi connectivity index (χ1n) is 9.07. The van der Waals surface area contributed by atoms with E-state index in [2.05, 4.69) is 99.7 Å². The standard InChI is InChI=1S/C25H24/c1-4-20-12-14-22-15-13-21(11-10-19-8-5-17(2)6-9-19)23-16-7-18(3)24(20)25(22)23/h4-16,24-25H,1-3H3/b11-10+,20-4-. The second-order valence-corrected chi connectivity index (χ2v) is 7.14. The molecule has 0 nitrogen and oxygen atoms in total. The maximum Gasteiger partial charge on any atom is 0.0201 e. The summed E-state index contributed by atoms with van der Waals surface area (Å²) >= 11 is 0. The van der Waals surface area contributed by atoms with Crippen LogP contribution in [0.5, 0.6) is 0 Å². The van der Waals surface area contributed by atoms with Gasteiger partial charge < -0.3 is 0 Å². The molecule has 0 heteroatoms. The van der Waals surface area contributed by atoms with E-state index >= 15 is 0 Å². The minimum Gasteiger partial charge on any atom is -0.0838 e. The molecule has 1 aromatic rings. The van der Waals surface area contributed by atoms with Crippen LogP contribution in [0, 0.1) is 18.8 Å². The smallest absolute Gasteiger partial charge is 0.0201 e. The fraction of sp³-hybridized carbons (Fsp3) is 0.200. The third-order valence-corrected chi connectivity index (χ3v) is 5.53. The van der Waals surface area contributed by atoms with Crippen molar-refractivity contribution in [3.8, 4) is 0 Å². The third kappa shape index (κ3) is 2.82. The van der Waals surface area contributed by atoms with Gasteiger partial charge in [-0.2, -0.15) is 0 Å². The second kappa shape index (κ2) is 6.37. The molecule has 0 saturated carbocycles. The number of benzene rings is 1. The van der Waals surface area contributed by atoms with Crippen molar-refractivity contribution in [2.45, 2.75) is 20.8 Å². The maximum absolute atomic E-state index is 2.32. The van der Waals surface area contributed by atoms with Crippen molar-refractivity contribution in [1.29, 1.82) is 0 Å².